The van der Waals surface area contributed by atoms with E-state index in [4.69, 9.17) is 14.7 Å². The van der Waals surface area contributed by atoms with Crippen molar-refractivity contribution in [3.05, 3.63) is 147 Å². The monoisotopic (exact) mass is 933 g/mol. The van der Waals surface area contributed by atoms with Crippen LogP contribution in [0.1, 0.15) is 191 Å². The zero-order valence-corrected chi connectivity index (χ0v) is 45.8. The fourth-order valence-corrected chi connectivity index (χ4v) is 12.3. The molecule has 4 heterocycles. The molecule has 0 fully saturated rings. The van der Waals surface area contributed by atoms with Crippen molar-refractivity contribution >= 4 is 33.3 Å². The van der Waals surface area contributed by atoms with E-state index >= 15 is 0 Å². The molecule has 9 rings (SSSR count). The standard InChI is InChI=1S/C65H80N4O/c1-36(2)47-22-19-23-48(37(3)4)59(47)43-29-44(62-67-55(58(40(9)10)41(11)12)35-68(62)60-49(38(5)6)24-20-25-50(60)39(7)8)31-46(30-43)70-57-34-56-51(28-42(57)13)52-32-45(64(14,15)16)33-54-61(52)69(56)63-53(65(54,17)18)26-21-27-66-63/h19-34,36-41,55,58H,35H2,1-18H3/t55-/m0/s1. The van der Waals surface area contributed by atoms with Gasteiger partial charge in [0.15, 0.2) is 0 Å². The molecule has 0 amide bonds. The quantitative estimate of drug-likeness (QED) is 0.123. The number of amidine groups is 1. The molecule has 2 aliphatic rings. The number of aryl methyl sites for hydroxylation is 1. The Morgan fingerprint density at radius 1 is 0.643 bits per heavy atom. The largest absolute Gasteiger partial charge is 0.457 e. The van der Waals surface area contributed by atoms with Crippen LogP contribution in [0, 0.1) is 24.7 Å². The van der Waals surface area contributed by atoms with Crippen molar-refractivity contribution in [1.29, 1.82) is 0 Å². The van der Waals surface area contributed by atoms with Crippen LogP contribution in [0.4, 0.5) is 5.69 Å². The third-order valence-corrected chi connectivity index (χ3v) is 15.9. The molecule has 366 valence electrons. The van der Waals surface area contributed by atoms with E-state index in [1.807, 2.05) is 6.20 Å². The first-order valence-electron chi connectivity index (χ1n) is 26.5. The number of anilines is 1. The fourth-order valence-electron chi connectivity index (χ4n) is 12.3. The summed E-state index contributed by atoms with van der Waals surface area (Å²) < 4.78 is 9.85. The summed E-state index contributed by atoms with van der Waals surface area (Å²) in [6.45, 7) is 42.9. The number of nitrogens with zero attached hydrogens (tertiary/aromatic N) is 4. The zero-order chi connectivity index (χ0) is 50.5. The molecular formula is C65H80N4O. The maximum Gasteiger partial charge on any atom is 0.141 e. The van der Waals surface area contributed by atoms with Gasteiger partial charge in [-0.15, -0.1) is 0 Å². The SMILES string of the molecule is Cc1cc2c3cc(C(C)(C)C)cc4c3n(c2cc1Oc1cc(C2=N[C@H](C(C(C)C)C(C)C)CN2c2c(C(C)C)cccc2C(C)C)cc(-c2c(C(C)C)cccc2C(C)C)c1)-c1ncccc1C4(C)C. The van der Waals surface area contributed by atoms with Gasteiger partial charge in [0, 0.05) is 51.8 Å². The Kier molecular flexibility index (Phi) is 12.8. The lowest BCUT2D eigenvalue weighted by Crippen LogP contribution is -2.36. The topological polar surface area (TPSA) is 42.6 Å². The van der Waals surface area contributed by atoms with Gasteiger partial charge < -0.3 is 9.64 Å². The second-order valence-corrected chi connectivity index (χ2v) is 24.4. The summed E-state index contributed by atoms with van der Waals surface area (Å²) in [5, 5.41) is 2.49. The number of aliphatic imine (C=N–C) groups is 1. The highest BCUT2D eigenvalue weighted by atomic mass is 16.5. The molecular weight excluding hydrogens is 853 g/mol. The Bertz CT molecular complexity index is 3100. The summed E-state index contributed by atoms with van der Waals surface area (Å²) in [6.07, 6.45) is 1.94. The summed E-state index contributed by atoms with van der Waals surface area (Å²) in [4.78, 5) is 13.6. The maximum atomic E-state index is 7.44. The second kappa shape index (κ2) is 18.2. The molecule has 0 radical (unpaired) electrons. The molecule has 0 spiro atoms. The molecule has 0 saturated heterocycles. The lowest BCUT2D eigenvalue weighted by molar-refractivity contribution is 0.247. The molecule has 2 aliphatic heterocycles. The number of hydrogen-bond acceptors (Lipinski definition) is 4. The van der Waals surface area contributed by atoms with E-state index in [-0.39, 0.29) is 16.9 Å². The van der Waals surface area contributed by atoms with Crippen molar-refractivity contribution < 1.29 is 4.74 Å². The Morgan fingerprint density at radius 2 is 1.23 bits per heavy atom. The predicted molar refractivity (Wildman–Crippen MR) is 300 cm³/mol. The summed E-state index contributed by atoms with van der Waals surface area (Å²) >= 11 is 0. The summed E-state index contributed by atoms with van der Waals surface area (Å²) in [5.41, 5.74) is 17.4. The highest BCUT2D eigenvalue weighted by molar-refractivity contribution is 6.14. The molecule has 5 heteroatoms. The summed E-state index contributed by atoms with van der Waals surface area (Å²) in [7, 11) is 0. The van der Waals surface area contributed by atoms with Crippen LogP contribution in [0.15, 0.2) is 102 Å². The second-order valence-electron chi connectivity index (χ2n) is 24.4. The van der Waals surface area contributed by atoms with Gasteiger partial charge in [-0.2, -0.15) is 0 Å². The molecule has 0 aliphatic carbocycles. The molecule has 5 nitrogen and oxygen atoms in total. The van der Waals surface area contributed by atoms with Crippen LogP contribution in [-0.4, -0.2) is 28.0 Å². The van der Waals surface area contributed by atoms with E-state index in [1.165, 1.54) is 72.0 Å². The van der Waals surface area contributed by atoms with Gasteiger partial charge in [-0.05, 0) is 140 Å². The third-order valence-electron chi connectivity index (χ3n) is 15.9. The molecule has 2 aromatic heterocycles. The molecule has 0 unspecified atom stereocenters. The van der Waals surface area contributed by atoms with Crippen LogP contribution >= 0.6 is 0 Å². The number of aromatic nitrogens is 2. The Morgan fingerprint density at radius 3 is 1.80 bits per heavy atom. The van der Waals surface area contributed by atoms with Gasteiger partial charge in [0.25, 0.3) is 0 Å². The van der Waals surface area contributed by atoms with E-state index < -0.39 is 0 Å². The average molecular weight is 933 g/mol. The minimum Gasteiger partial charge on any atom is -0.457 e. The summed E-state index contributed by atoms with van der Waals surface area (Å²) in [5.74, 6) is 6.39. The molecule has 5 aromatic carbocycles. The highest BCUT2D eigenvalue weighted by Crippen LogP contribution is 2.50. The molecule has 0 N–H and O–H groups in total. The molecule has 0 saturated carbocycles. The lowest BCUT2D eigenvalue weighted by atomic mass is 9.73. The number of hydrogen-bond donors (Lipinski definition) is 0. The normalized spacial score (nSPS) is 15.9. The van der Waals surface area contributed by atoms with E-state index in [0.29, 0.717) is 41.4 Å². The van der Waals surface area contributed by atoms with E-state index in [1.54, 1.807) is 0 Å². The van der Waals surface area contributed by atoms with Crippen molar-refractivity contribution in [3.8, 4) is 28.4 Å². The Hall–Kier alpha value is -5.68. The smallest absolute Gasteiger partial charge is 0.141 e. The maximum absolute atomic E-state index is 7.44. The van der Waals surface area contributed by atoms with Gasteiger partial charge in [-0.3, -0.25) is 9.56 Å². The number of benzene rings is 5. The van der Waals surface area contributed by atoms with Crippen LogP contribution in [0.2, 0.25) is 0 Å². The lowest BCUT2D eigenvalue weighted by Gasteiger charge is -2.35. The summed E-state index contributed by atoms with van der Waals surface area (Å²) in [6, 6.07) is 34.9. The van der Waals surface area contributed by atoms with Crippen molar-refractivity contribution in [2.24, 2.45) is 22.7 Å². The number of fused-ring (bicyclic) bond motifs is 5. The molecule has 70 heavy (non-hydrogen) atoms. The van der Waals surface area contributed by atoms with Crippen LogP contribution < -0.4 is 9.64 Å². The van der Waals surface area contributed by atoms with Crippen molar-refractivity contribution in [1.82, 2.24) is 9.55 Å². The van der Waals surface area contributed by atoms with Crippen molar-refractivity contribution in [2.75, 3.05) is 11.4 Å². The highest BCUT2D eigenvalue weighted by Gasteiger charge is 2.40. The van der Waals surface area contributed by atoms with Gasteiger partial charge in [0.2, 0.25) is 0 Å². The predicted octanol–water partition coefficient (Wildman–Crippen LogP) is 17.9. The Labute approximate surface area is 420 Å². The van der Waals surface area contributed by atoms with Crippen LogP contribution in [0.25, 0.3) is 38.8 Å². The minimum absolute atomic E-state index is 0.0221. The van der Waals surface area contributed by atoms with Crippen molar-refractivity contribution in [3.63, 3.8) is 0 Å². The van der Waals surface area contributed by atoms with Gasteiger partial charge >= 0.3 is 0 Å². The van der Waals surface area contributed by atoms with Gasteiger partial charge in [0.1, 0.15) is 23.2 Å². The number of para-hydroxylation sites is 1. The number of rotatable bonds is 12. The molecule has 0 bridgehead atoms. The van der Waals surface area contributed by atoms with Crippen molar-refractivity contribution in [2.45, 2.75) is 165 Å². The number of ether oxygens (including phenoxy) is 1. The van der Waals surface area contributed by atoms with E-state index in [0.717, 1.165) is 46.3 Å². The first kappa shape index (κ1) is 49.3. The minimum atomic E-state index is -0.231. The van der Waals surface area contributed by atoms with E-state index in [2.05, 4.69) is 225 Å². The van der Waals surface area contributed by atoms with Gasteiger partial charge in [-0.1, -0.05) is 166 Å². The first-order chi connectivity index (χ1) is 33.0. The van der Waals surface area contributed by atoms with Crippen LogP contribution in [0.5, 0.6) is 11.5 Å². The number of pyridine rings is 1. The Balaban J connectivity index is 1.32. The third kappa shape index (κ3) is 8.37. The van der Waals surface area contributed by atoms with Gasteiger partial charge in [0.05, 0.1) is 17.1 Å². The average Bonchev–Trinajstić information content (AvgIpc) is 3.86. The molecule has 7 aromatic rings. The van der Waals surface area contributed by atoms with Crippen LogP contribution in [-0.2, 0) is 10.8 Å². The molecule has 1 atom stereocenters. The zero-order valence-electron chi connectivity index (χ0n) is 45.8. The van der Waals surface area contributed by atoms with Gasteiger partial charge in [-0.25, -0.2) is 4.98 Å². The first-order valence-corrected chi connectivity index (χ1v) is 26.5. The fraction of sp³-hybridized carbons (Fsp3) is 0.446. The van der Waals surface area contributed by atoms with E-state index in [9.17, 15) is 0 Å². The van der Waals surface area contributed by atoms with Crippen LogP contribution in [0.3, 0.4) is 0 Å².